The Morgan fingerprint density at radius 2 is 2.00 bits per heavy atom. The number of hydrogen-bond donors (Lipinski definition) is 2. The van der Waals surface area contributed by atoms with Gasteiger partial charge in [-0.1, -0.05) is 0 Å². The lowest BCUT2D eigenvalue weighted by molar-refractivity contribution is -0.0756. The predicted octanol–water partition coefficient (Wildman–Crippen LogP) is 2.34. The maximum Gasteiger partial charge on any atom is 0.412 e. The minimum atomic E-state index is -0.730. The summed E-state index contributed by atoms with van der Waals surface area (Å²) in [6.45, 7) is 17.1. The van der Waals surface area contributed by atoms with Gasteiger partial charge in [-0.05, 0) is 55.4 Å². The van der Waals surface area contributed by atoms with Crippen molar-refractivity contribution < 1.29 is 19.4 Å². The van der Waals surface area contributed by atoms with Crippen molar-refractivity contribution in [2.45, 2.75) is 92.0 Å². The van der Waals surface area contributed by atoms with Crippen LogP contribution in [0.2, 0.25) is 0 Å². The predicted molar refractivity (Wildman–Crippen MR) is 107 cm³/mol. The van der Waals surface area contributed by atoms with Crippen molar-refractivity contribution in [3.63, 3.8) is 0 Å². The largest absolute Gasteiger partial charge is 0.444 e. The summed E-state index contributed by atoms with van der Waals surface area (Å²) in [5.74, 6) is 0. The molecule has 1 fully saturated rings. The van der Waals surface area contributed by atoms with Gasteiger partial charge in [-0.25, -0.2) is 4.79 Å². The number of carbonyl (C=O) groups is 1. The molecule has 160 valence electrons. The first kappa shape index (κ1) is 22.6. The van der Waals surface area contributed by atoms with E-state index in [1.807, 2.05) is 60.1 Å². The molecule has 8 nitrogen and oxygen atoms in total. The summed E-state index contributed by atoms with van der Waals surface area (Å²) < 4.78 is 13.5. The van der Waals surface area contributed by atoms with Crippen molar-refractivity contribution >= 4 is 6.09 Å². The van der Waals surface area contributed by atoms with E-state index < -0.39 is 11.3 Å². The third-order valence-electron chi connectivity index (χ3n) is 5.02. The second-order valence-electron chi connectivity index (χ2n) is 8.91. The summed E-state index contributed by atoms with van der Waals surface area (Å²) in [6.07, 6.45) is -0.480. The molecule has 1 amide bonds. The maximum atomic E-state index is 12.8. The van der Waals surface area contributed by atoms with Crippen LogP contribution in [0.15, 0.2) is 0 Å². The van der Waals surface area contributed by atoms with E-state index in [1.165, 1.54) is 0 Å². The monoisotopic (exact) mass is 396 g/mol. The molecule has 0 spiro atoms. The van der Waals surface area contributed by atoms with Crippen LogP contribution >= 0.6 is 0 Å². The summed E-state index contributed by atoms with van der Waals surface area (Å²) >= 11 is 0. The molecule has 0 aliphatic carbocycles. The molecule has 28 heavy (non-hydrogen) atoms. The second-order valence-corrected chi connectivity index (χ2v) is 8.91. The van der Waals surface area contributed by atoms with E-state index in [1.54, 1.807) is 4.90 Å². The summed E-state index contributed by atoms with van der Waals surface area (Å²) in [7, 11) is 0. The van der Waals surface area contributed by atoms with Gasteiger partial charge in [0.1, 0.15) is 11.3 Å². The van der Waals surface area contributed by atoms with E-state index in [9.17, 15) is 4.79 Å². The quantitative estimate of drug-likeness (QED) is 0.767. The highest BCUT2D eigenvalue weighted by Gasteiger charge is 2.49. The van der Waals surface area contributed by atoms with Gasteiger partial charge in [-0.15, -0.1) is 0 Å². The van der Waals surface area contributed by atoms with Crippen molar-refractivity contribution in [2.75, 3.05) is 13.2 Å². The number of aliphatic hydroxyl groups excluding tert-OH is 1. The fourth-order valence-corrected chi connectivity index (χ4v) is 3.77. The van der Waals surface area contributed by atoms with Gasteiger partial charge in [0.2, 0.25) is 0 Å². The molecule has 1 saturated heterocycles. The lowest BCUT2D eigenvalue weighted by Gasteiger charge is -2.35. The highest BCUT2D eigenvalue weighted by Crippen LogP contribution is 2.33. The lowest BCUT2D eigenvalue weighted by atomic mass is 10.1. The smallest absolute Gasteiger partial charge is 0.412 e. The van der Waals surface area contributed by atoms with Crippen molar-refractivity contribution in [3.8, 4) is 0 Å². The summed E-state index contributed by atoms with van der Waals surface area (Å²) in [4.78, 5) is 14.5. The average Bonchev–Trinajstić information content (AvgIpc) is 2.92. The fourth-order valence-electron chi connectivity index (χ4n) is 3.77. The van der Waals surface area contributed by atoms with Crippen LogP contribution < -0.4 is 5.32 Å². The number of nitrogens with zero attached hydrogens (tertiary/aromatic N) is 3. The zero-order valence-electron chi connectivity index (χ0n) is 18.5. The molecule has 0 aromatic carbocycles. The average molecular weight is 397 g/mol. The maximum absolute atomic E-state index is 12.8. The van der Waals surface area contributed by atoms with Crippen LogP contribution in [0.5, 0.6) is 0 Å². The molecular formula is C20H36N4O4. The van der Waals surface area contributed by atoms with Crippen LogP contribution in [0.25, 0.3) is 0 Å². The number of aliphatic hydroxyl groups is 1. The molecule has 1 aliphatic rings. The van der Waals surface area contributed by atoms with Crippen molar-refractivity contribution in [2.24, 2.45) is 0 Å². The first-order valence-corrected chi connectivity index (χ1v) is 9.92. The first-order valence-electron chi connectivity index (χ1n) is 9.92. The Hall–Kier alpha value is -1.64. The highest BCUT2D eigenvalue weighted by atomic mass is 16.6. The third kappa shape index (κ3) is 5.04. The van der Waals surface area contributed by atoms with Crippen LogP contribution in [0.1, 0.15) is 58.5 Å². The van der Waals surface area contributed by atoms with Crippen LogP contribution in [-0.4, -0.2) is 62.5 Å². The third-order valence-corrected chi connectivity index (χ3v) is 5.02. The van der Waals surface area contributed by atoms with Crippen LogP contribution in [0, 0.1) is 13.8 Å². The Labute approximate surface area is 168 Å². The molecule has 8 heteroatoms. The molecule has 0 unspecified atom stereocenters. The lowest BCUT2D eigenvalue weighted by Crippen LogP contribution is -2.53. The van der Waals surface area contributed by atoms with Crippen molar-refractivity contribution in [3.05, 3.63) is 17.0 Å². The number of carbonyl (C=O) groups excluding carboxylic acids is 1. The Morgan fingerprint density at radius 3 is 2.57 bits per heavy atom. The van der Waals surface area contributed by atoms with E-state index in [2.05, 4.69) is 10.4 Å². The van der Waals surface area contributed by atoms with Crippen LogP contribution in [0.3, 0.4) is 0 Å². The summed E-state index contributed by atoms with van der Waals surface area (Å²) in [5.41, 5.74) is 1.80. The minimum Gasteiger partial charge on any atom is -0.444 e. The molecule has 1 aromatic heterocycles. The normalized spacial score (nSPS) is 22.0. The van der Waals surface area contributed by atoms with Gasteiger partial charge in [0, 0.05) is 24.3 Å². The molecule has 0 saturated carbocycles. The van der Waals surface area contributed by atoms with Gasteiger partial charge < -0.3 is 19.9 Å². The van der Waals surface area contributed by atoms with E-state index in [-0.39, 0.29) is 24.8 Å². The zero-order valence-corrected chi connectivity index (χ0v) is 18.5. The van der Waals surface area contributed by atoms with Crippen LogP contribution in [0.4, 0.5) is 4.79 Å². The van der Waals surface area contributed by atoms with Crippen LogP contribution in [-0.2, 0) is 22.6 Å². The summed E-state index contributed by atoms with van der Waals surface area (Å²) in [5, 5.41) is 17.1. The molecular weight excluding hydrogens is 360 g/mol. The molecule has 1 aromatic rings. The molecule has 2 rings (SSSR count). The molecule has 0 bridgehead atoms. The number of ether oxygens (including phenoxy) is 2. The number of nitrogens with one attached hydrogen (secondary N) is 1. The number of amides is 1. The number of aromatic nitrogens is 2. The van der Waals surface area contributed by atoms with Gasteiger partial charge in [0.15, 0.2) is 0 Å². The number of rotatable bonds is 6. The molecule has 1 aliphatic heterocycles. The van der Waals surface area contributed by atoms with Gasteiger partial charge in [0.25, 0.3) is 0 Å². The second kappa shape index (κ2) is 8.39. The van der Waals surface area contributed by atoms with Gasteiger partial charge in [0.05, 0.1) is 31.0 Å². The van der Waals surface area contributed by atoms with E-state index in [0.717, 1.165) is 17.0 Å². The Kier molecular flexibility index (Phi) is 6.78. The van der Waals surface area contributed by atoms with Crippen molar-refractivity contribution in [1.29, 1.82) is 0 Å². The van der Waals surface area contributed by atoms with E-state index in [0.29, 0.717) is 19.6 Å². The highest BCUT2D eigenvalue weighted by molar-refractivity contribution is 5.70. The first-order chi connectivity index (χ1) is 12.9. The van der Waals surface area contributed by atoms with Gasteiger partial charge in [-0.2, -0.15) is 5.10 Å². The Balaban J connectivity index is 2.08. The number of hydrogen-bond acceptors (Lipinski definition) is 6. The topological polar surface area (TPSA) is 88.9 Å². The Morgan fingerprint density at radius 1 is 1.36 bits per heavy atom. The van der Waals surface area contributed by atoms with E-state index in [4.69, 9.17) is 14.6 Å². The van der Waals surface area contributed by atoms with Crippen molar-refractivity contribution in [1.82, 2.24) is 20.0 Å². The van der Waals surface area contributed by atoms with Gasteiger partial charge >= 0.3 is 6.09 Å². The molecule has 0 radical (unpaired) electrons. The minimum absolute atomic E-state index is 0.0612. The summed E-state index contributed by atoms with van der Waals surface area (Å²) in [6, 6.07) is -0.141. The SMILES string of the molecule is Cc1nn(CCO)c(C)c1CNC[C@H]1[C@@H](C)OC(C)(C)N1C(=O)OC(C)(C)C. The zero-order chi connectivity index (χ0) is 21.3. The standard InChI is InChI=1S/C20H36N4O4/c1-13-16(14(2)23(22-13)9-10-25)11-21-12-17-15(3)27-20(7,8)24(17)18(26)28-19(4,5)6/h15,17,21,25H,9-12H2,1-8H3/t15-,17+/m1/s1. The van der Waals surface area contributed by atoms with Gasteiger partial charge in [-0.3, -0.25) is 9.58 Å². The van der Waals surface area contributed by atoms with E-state index >= 15 is 0 Å². The fraction of sp³-hybridized carbons (Fsp3) is 0.800. The molecule has 2 atom stereocenters. The number of aryl methyl sites for hydroxylation is 1. The molecule has 2 N–H and O–H groups in total. The Bertz CT molecular complexity index is 693. The molecule has 2 heterocycles.